The Morgan fingerprint density at radius 2 is 1.67 bits per heavy atom. The van der Waals surface area contributed by atoms with E-state index in [4.69, 9.17) is 44.1 Å². The van der Waals surface area contributed by atoms with Gasteiger partial charge in [0.2, 0.25) is 35.5 Å². The number of carbonyl (C=O) groups is 7. The number of imidazole rings is 1. The predicted molar refractivity (Wildman–Crippen MR) is 316 cm³/mol. The number of amides is 7. The van der Waals surface area contributed by atoms with Gasteiger partial charge in [-0.1, -0.05) is 58.5 Å². The molecule has 7 amide bonds. The van der Waals surface area contributed by atoms with E-state index in [1.807, 2.05) is 0 Å². The number of ether oxygens (including phenoxy) is 3. The highest BCUT2D eigenvalue weighted by Crippen LogP contribution is 2.59. The second-order valence-corrected chi connectivity index (χ2v) is 28.2. The van der Waals surface area contributed by atoms with Gasteiger partial charge in [-0.15, -0.1) is 0 Å². The van der Waals surface area contributed by atoms with Crippen molar-refractivity contribution in [3.8, 4) is 5.88 Å². The first kappa shape index (κ1) is 66.4. The first-order valence-electron chi connectivity index (χ1n) is 27.9. The highest BCUT2D eigenvalue weighted by Gasteiger charge is 2.51. The second kappa shape index (κ2) is 28.7. The molecule has 34 heteroatoms. The molecule has 2 bridgehead atoms. The Bertz CT molecular complexity index is 3360. The number of benzene rings is 1. The third kappa shape index (κ3) is 18.0. The maximum Gasteiger partial charge on any atom is 0.409 e. The smallest absolute Gasteiger partial charge is 0.409 e. The van der Waals surface area contributed by atoms with E-state index in [0.29, 0.717) is 42.8 Å². The number of unbranched alkanes of at least 4 members (excludes halogenated alkanes) is 2. The molecule has 0 radical (unpaired) electrons. The number of imide groups is 1. The van der Waals surface area contributed by atoms with Crippen LogP contribution in [0, 0.1) is 17.3 Å². The summed E-state index contributed by atoms with van der Waals surface area (Å²) >= 11 is 9.59. The molecule has 472 valence electrons. The predicted octanol–water partition coefficient (Wildman–Crippen LogP) is 3.79. The fraction of sp³-hybridized carbons (Fsp3) is 0.547. The van der Waals surface area contributed by atoms with Gasteiger partial charge in [-0.3, -0.25) is 57.9 Å². The first-order valence-corrected chi connectivity index (χ1v) is 33.2. The van der Waals surface area contributed by atoms with E-state index in [9.17, 15) is 52.9 Å². The van der Waals surface area contributed by atoms with Crippen molar-refractivity contribution >= 4 is 102 Å². The van der Waals surface area contributed by atoms with Crippen LogP contribution in [-0.4, -0.2) is 167 Å². The number of hydrogen-bond donors (Lipinski definition) is 8. The molecule has 87 heavy (non-hydrogen) atoms. The van der Waals surface area contributed by atoms with Gasteiger partial charge in [0.25, 0.3) is 17.4 Å². The van der Waals surface area contributed by atoms with Crippen LogP contribution in [-0.2, 0) is 79.3 Å². The molecule has 30 nitrogen and oxygen atoms in total. The number of aromatic nitrogens is 6. The van der Waals surface area contributed by atoms with Crippen LogP contribution < -0.4 is 31.6 Å². The highest BCUT2D eigenvalue weighted by atomic mass is 32.7. The van der Waals surface area contributed by atoms with E-state index in [1.54, 1.807) is 58.0 Å². The molecule has 1 saturated carbocycles. The van der Waals surface area contributed by atoms with Crippen molar-refractivity contribution in [1.29, 1.82) is 0 Å². The molecule has 2 saturated heterocycles. The third-order valence-electron chi connectivity index (χ3n) is 14.5. The molecule has 1 aromatic carbocycles. The lowest BCUT2D eigenvalue weighted by atomic mass is 9.88. The zero-order valence-electron chi connectivity index (χ0n) is 48.3. The Labute approximate surface area is 509 Å². The summed E-state index contributed by atoms with van der Waals surface area (Å²) in [6, 6.07) is 6.13. The largest absolute Gasteiger partial charge is 0.474 e. The number of H-pyrrole nitrogens is 1. The Morgan fingerprint density at radius 3 is 2.37 bits per heavy atom. The van der Waals surface area contributed by atoms with E-state index in [0.717, 1.165) is 4.90 Å². The van der Waals surface area contributed by atoms with Crippen molar-refractivity contribution in [2.75, 3.05) is 44.0 Å². The Balaban J connectivity index is 0.795. The minimum atomic E-state index is -4.35. The van der Waals surface area contributed by atoms with E-state index >= 15 is 0 Å². The van der Waals surface area contributed by atoms with Crippen molar-refractivity contribution in [3.05, 3.63) is 77.3 Å². The zero-order valence-corrected chi connectivity index (χ0v) is 51.8. The van der Waals surface area contributed by atoms with Crippen molar-refractivity contribution in [1.82, 2.24) is 49.9 Å². The van der Waals surface area contributed by atoms with Gasteiger partial charge in [0.05, 0.1) is 25.6 Å². The van der Waals surface area contributed by atoms with Gasteiger partial charge < -0.3 is 58.6 Å². The zero-order chi connectivity index (χ0) is 63.0. The van der Waals surface area contributed by atoms with Crippen molar-refractivity contribution in [2.24, 2.45) is 17.3 Å². The maximum atomic E-state index is 13.9. The van der Waals surface area contributed by atoms with Crippen LogP contribution in [0.25, 0.3) is 11.2 Å². The average molecular weight is 1290 g/mol. The van der Waals surface area contributed by atoms with Crippen LogP contribution in [0.1, 0.15) is 91.4 Å². The van der Waals surface area contributed by atoms with E-state index in [1.165, 1.54) is 54.4 Å². The second-order valence-electron chi connectivity index (χ2n) is 22.5. The van der Waals surface area contributed by atoms with Gasteiger partial charge in [0.15, 0.2) is 17.4 Å². The molecule has 3 fully saturated rings. The number of aliphatic hydroxyl groups is 1. The molecule has 11 atom stereocenters. The van der Waals surface area contributed by atoms with Gasteiger partial charge in [-0.2, -0.15) is 4.98 Å². The fourth-order valence-corrected chi connectivity index (χ4v) is 13.2. The number of aromatic amines is 1. The van der Waals surface area contributed by atoms with Crippen LogP contribution in [0.5, 0.6) is 5.88 Å². The number of anilines is 2. The minimum Gasteiger partial charge on any atom is -0.474 e. The topological polar surface area (TPSA) is 386 Å². The van der Waals surface area contributed by atoms with E-state index in [-0.39, 0.29) is 86.3 Å². The summed E-state index contributed by atoms with van der Waals surface area (Å²) in [6.07, 6.45) is 0.673. The number of nitrogens with zero attached hydrogens (tertiary/aromatic N) is 7. The van der Waals surface area contributed by atoms with Gasteiger partial charge in [0.1, 0.15) is 49.4 Å². The molecule has 4 aliphatic rings. The lowest BCUT2D eigenvalue weighted by molar-refractivity contribution is -0.137. The summed E-state index contributed by atoms with van der Waals surface area (Å²) in [5.74, 6) is -3.58. The number of aliphatic hydroxyl groups excluding tert-OH is 1. The van der Waals surface area contributed by atoms with Crippen LogP contribution >= 0.6 is 25.8 Å². The molecule has 2 unspecified atom stereocenters. The number of nitrogens with one attached hydrogen (secondary N) is 5. The number of hydrogen-bond acceptors (Lipinski definition) is 22. The molecule has 3 aliphatic heterocycles. The lowest BCUT2D eigenvalue weighted by Crippen LogP contribution is -2.53. The summed E-state index contributed by atoms with van der Waals surface area (Å²) in [7, 11) is 1.49. The number of carbonyl (C=O) groups excluding carboxylic acids is 7. The highest BCUT2D eigenvalue weighted by molar-refractivity contribution is 8.44. The van der Waals surface area contributed by atoms with Crippen LogP contribution in [0.15, 0.2) is 66.1 Å². The minimum absolute atomic E-state index is 0.0373. The van der Waals surface area contributed by atoms with Crippen LogP contribution in [0.4, 0.5) is 16.4 Å². The molecule has 4 aromatic rings. The maximum absolute atomic E-state index is 13.9. The summed E-state index contributed by atoms with van der Waals surface area (Å²) < 4.78 is 56.1. The third-order valence-corrected chi connectivity index (χ3v) is 17.7. The van der Waals surface area contributed by atoms with Crippen molar-refractivity contribution in [3.63, 3.8) is 0 Å². The number of thiol groups is 1. The van der Waals surface area contributed by atoms with E-state index < -0.39 is 110 Å². The quantitative estimate of drug-likeness (QED) is 0.0240. The first-order chi connectivity index (χ1) is 41.1. The summed E-state index contributed by atoms with van der Waals surface area (Å²) in [5.41, 5.74) is -1.03. The SMILES string of the molecule is CC(C)[C@H](NC(=O)CCCCCN1C(=O)C=CC1=O)C(=O)N[C@@H](C)C(=O)Nc1ccc(COC(=O)N(C)CC(C)(C)CC(=O)Nc2nc3c(ncn3[C@@H]3O[C@@H]4COP(O)(=S)O[C@H]5C[C@H](Oc6ccncn6)C[C@@H]5COP(=O)(S)O[C@@H]3[C@@H]4O)c(=O)[nH]2)cc1. The van der Waals surface area contributed by atoms with Gasteiger partial charge >= 0.3 is 19.6 Å². The molecular formula is C53H70N12O18P2S2. The average Bonchev–Trinajstić information content (AvgIpc) is 1.76. The molecule has 7 N–H and O–H groups in total. The molecular weight excluding hydrogens is 1220 g/mol. The Hall–Kier alpha value is -6.57. The lowest BCUT2D eigenvalue weighted by Gasteiger charge is -2.29. The van der Waals surface area contributed by atoms with Crippen LogP contribution in [0.3, 0.4) is 0 Å². The molecule has 3 aromatic heterocycles. The van der Waals surface area contributed by atoms with Gasteiger partial charge in [-0.25, -0.2) is 24.3 Å². The Kier molecular flexibility index (Phi) is 21.9. The van der Waals surface area contributed by atoms with Gasteiger partial charge in [0, 0.05) is 75.4 Å². The number of fused-ring (bicyclic) bond motifs is 4. The normalized spacial score (nSPS) is 25.6. The number of rotatable bonds is 22. The molecule has 0 spiro atoms. The summed E-state index contributed by atoms with van der Waals surface area (Å²) in [4.78, 5) is 135. The monoisotopic (exact) mass is 1290 g/mol. The van der Waals surface area contributed by atoms with Crippen molar-refractivity contribution < 1.29 is 80.4 Å². The summed E-state index contributed by atoms with van der Waals surface area (Å²) in [6.45, 7) is -0.532. The fourth-order valence-electron chi connectivity index (χ4n) is 10.2. The van der Waals surface area contributed by atoms with Crippen LogP contribution in [0.2, 0.25) is 0 Å². The molecule has 1 aliphatic carbocycles. The molecule has 8 rings (SSSR count). The van der Waals surface area contributed by atoms with Crippen molar-refractivity contribution in [2.45, 2.75) is 135 Å². The Morgan fingerprint density at radius 1 is 0.931 bits per heavy atom. The standard InChI is InChI=1S/C53H70N12O18P2S2/c1-29(2)42(59-37(66)10-8-7-9-19-64-40(68)15-16-41(64)69)48(72)57-30(3)47(71)58-33-13-11-31(12-14-33)23-77-52(74)63(6)26-53(4,5)22-38(67)60-51-61-46-43(49(73)62-51)56-28-65(46)50-45-44(70)36(81-50)25-79-84(75,86)82-35-21-34(80-39-17-18-54-27-55-39)20-32(35)24-78-85(76,87)83-45/h11-18,27-30,32,34-36,42,44-45,50,70H,7-10,19-26H2,1-6H3,(H,57,72)(H,58,71)(H,59,66)(H,75,86)(H,76,87)(H2,60,61,62,67,73)/t30-,32+,34+,35-,36+,42-,44+,45+,50+,84?,85?/m0/s1. The summed E-state index contributed by atoms with van der Waals surface area (Å²) in [5, 5.41) is 22.2. The molecule has 6 heterocycles. The van der Waals surface area contributed by atoms with E-state index in [2.05, 4.69) is 58.4 Å². The van der Waals surface area contributed by atoms with Gasteiger partial charge in [-0.05, 0) is 67.0 Å².